The smallest absolute Gasteiger partial charge is 0.191 e. The van der Waals surface area contributed by atoms with E-state index >= 15 is 0 Å². The third-order valence-electron chi connectivity index (χ3n) is 7.46. The molecule has 0 saturated carbocycles. The zero-order chi connectivity index (χ0) is 24.0. The SMILES string of the molecule is COc1cc(-c2nnc3n2CCCC3(c2ccc(C)c(C)c2)C(C)C)ccc1-c1cnc(C)o1. The highest BCUT2D eigenvalue weighted by Crippen LogP contribution is 2.46. The van der Waals surface area contributed by atoms with Crippen LogP contribution in [-0.4, -0.2) is 26.9 Å². The van der Waals surface area contributed by atoms with E-state index in [0.717, 1.165) is 47.9 Å². The minimum absolute atomic E-state index is 0.163. The molecule has 0 bridgehead atoms. The standard InChI is InChI=1S/C28H32N4O2/c1-17(2)28(22-10-8-18(3)19(4)14-22)12-7-13-32-26(30-31-27(28)32)21-9-11-23(24(15-21)33-6)25-16-29-20(5)34-25/h8-11,14-17H,7,12-13H2,1-6H3. The van der Waals surface area contributed by atoms with E-state index in [0.29, 0.717) is 17.6 Å². The van der Waals surface area contributed by atoms with E-state index in [1.807, 2.05) is 19.1 Å². The molecule has 1 aliphatic heterocycles. The molecular weight excluding hydrogens is 424 g/mol. The molecule has 2 aromatic heterocycles. The molecular formula is C28H32N4O2. The number of aromatic nitrogens is 4. The summed E-state index contributed by atoms with van der Waals surface area (Å²) in [5.41, 5.74) is 5.65. The van der Waals surface area contributed by atoms with E-state index < -0.39 is 0 Å². The second-order valence-corrected chi connectivity index (χ2v) is 9.69. The molecule has 0 fully saturated rings. The first kappa shape index (κ1) is 22.4. The van der Waals surface area contributed by atoms with Crippen LogP contribution < -0.4 is 4.74 Å². The van der Waals surface area contributed by atoms with Crippen LogP contribution >= 0.6 is 0 Å². The van der Waals surface area contributed by atoms with Gasteiger partial charge in [-0.3, -0.25) is 0 Å². The lowest BCUT2D eigenvalue weighted by Gasteiger charge is -2.41. The van der Waals surface area contributed by atoms with Crippen LogP contribution in [0.5, 0.6) is 5.75 Å². The van der Waals surface area contributed by atoms with Crippen LogP contribution in [0.1, 0.15) is 55.1 Å². The Morgan fingerprint density at radius 3 is 2.53 bits per heavy atom. The summed E-state index contributed by atoms with van der Waals surface area (Å²) < 4.78 is 13.8. The normalized spacial score (nSPS) is 17.7. The molecule has 1 unspecified atom stereocenters. The van der Waals surface area contributed by atoms with Gasteiger partial charge in [0.25, 0.3) is 0 Å². The molecule has 6 heteroatoms. The summed E-state index contributed by atoms with van der Waals surface area (Å²) in [5.74, 6) is 4.37. The summed E-state index contributed by atoms with van der Waals surface area (Å²) in [5, 5.41) is 9.53. The molecule has 1 atom stereocenters. The Balaban J connectivity index is 1.63. The highest BCUT2D eigenvalue weighted by Gasteiger charge is 2.44. The summed E-state index contributed by atoms with van der Waals surface area (Å²) in [6.07, 6.45) is 3.88. The quantitative estimate of drug-likeness (QED) is 0.354. The summed E-state index contributed by atoms with van der Waals surface area (Å²) >= 11 is 0. The van der Waals surface area contributed by atoms with Gasteiger partial charge in [-0.25, -0.2) is 4.98 Å². The van der Waals surface area contributed by atoms with Crippen molar-refractivity contribution in [1.82, 2.24) is 19.7 Å². The Bertz CT molecular complexity index is 1350. The fraction of sp³-hybridized carbons (Fsp3) is 0.393. The van der Waals surface area contributed by atoms with E-state index in [9.17, 15) is 0 Å². The fourth-order valence-corrected chi connectivity index (χ4v) is 5.38. The lowest BCUT2D eigenvalue weighted by atomic mass is 9.66. The lowest BCUT2D eigenvalue weighted by molar-refractivity contribution is 0.271. The maximum Gasteiger partial charge on any atom is 0.191 e. The third kappa shape index (κ3) is 3.44. The van der Waals surface area contributed by atoms with Gasteiger partial charge in [0.05, 0.1) is 24.3 Å². The number of aryl methyl sites for hydroxylation is 3. The molecule has 6 nitrogen and oxygen atoms in total. The maximum atomic E-state index is 5.73. The molecule has 0 radical (unpaired) electrons. The molecule has 0 spiro atoms. The summed E-state index contributed by atoms with van der Waals surface area (Å²) in [7, 11) is 1.68. The predicted molar refractivity (Wildman–Crippen MR) is 133 cm³/mol. The van der Waals surface area contributed by atoms with Crippen molar-refractivity contribution < 1.29 is 9.15 Å². The highest BCUT2D eigenvalue weighted by molar-refractivity contribution is 5.71. The monoisotopic (exact) mass is 456 g/mol. The molecule has 1 aliphatic rings. The van der Waals surface area contributed by atoms with Crippen LogP contribution in [-0.2, 0) is 12.0 Å². The molecule has 0 amide bonds. The number of fused-ring (bicyclic) bond motifs is 1. The van der Waals surface area contributed by atoms with Crippen LogP contribution in [0.15, 0.2) is 47.0 Å². The topological polar surface area (TPSA) is 66.0 Å². The van der Waals surface area contributed by atoms with Gasteiger partial charge in [0.1, 0.15) is 11.6 Å². The second kappa shape index (κ2) is 8.42. The number of ether oxygens (including phenoxy) is 1. The number of methoxy groups -OCH3 is 1. The summed E-state index contributed by atoms with van der Waals surface area (Å²) in [4.78, 5) is 4.22. The highest BCUT2D eigenvalue weighted by atomic mass is 16.5. The van der Waals surface area contributed by atoms with Crippen molar-refractivity contribution in [2.45, 2.75) is 59.4 Å². The first-order chi connectivity index (χ1) is 16.3. The number of hydrogen-bond acceptors (Lipinski definition) is 5. The van der Waals surface area contributed by atoms with Gasteiger partial charge in [0.2, 0.25) is 0 Å². The largest absolute Gasteiger partial charge is 0.496 e. The van der Waals surface area contributed by atoms with Crippen LogP contribution in [0.4, 0.5) is 0 Å². The minimum atomic E-state index is -0.163. The fourth-order valence-electron chi connectivity index (χ4n) is 5.38. The van der Waals surface area contributed by atoms with Crippen LogP contribution in [0.2, 0.25) is 0 Å². The first-order valence-corrected chi connectivity index (χ1v) is 12.0. The predicted octanol–water partition coefficient (Wildman–Crippen LogP) is 6.27. The Morgan fingerprint density at radius 2 is 1.85 bits per heavy atom. The van der Waals surface area contributed by atoms with Gasteiger partial charge in [-0.2, -0.15) is 0 Å². The summed E-state index contributed by atoms with van der Waals surface area (Å²) in [6, 6.07) is 13.0. The van der Waals surface area contributed by atoms with E-state index in [4.69, 9.17) is 19.4 Å². The zero-order valence-corrected chi connectivity index (χ0v) is 20.8. The van der Waals surface area contributed by atoms with Gasteiger partial charge in [-0.1, -0.05) is 38.1 Å². The van der Waals surface area contributed by atoms with Gasteiger partial charge in [0, 0.05) is 19.0 Å². The van der Waals surface area contributed by atoms with Gasteiger partial charge < -0.3 is 13.7 Å². The van der Waals surface area contributed by atoms with E-state index in [1.54, 1.807) is 13.3 Å². The second-order valence-electron chi connectivity index (χ2n) is 9.69. The number of rotatable bonds is 5. The van der Waals surface area contributed by atoms with Gasteiger partial charge in [-0.15, -0.1) is 10.2 Å². The zero-order valence-electron chi connectivity index (χ0n) is 20.8. The van der Waals surface area contributed by atoms with Crippen molar-refractivity contribution in [2.75, 3.05) is 7.11 Å². The van der Waals surface area contributed by atoms with Gasteiger partial charge in [0.15, 0.2) is 17.5 Å². The van der Waals surface area contributed by atoms with Crippen molar-refractivity contribution in [3.05, 3.63) is 71.0 Å². The molecule has 2 aromatic carbocycles. The van der Waals surface area contributed by atoms with Crippen molar-refractivity contribution >= 4 is 0 Å². The average Bonchev–Trinajstić information content (AvgIpc) is 3.46. The minimum Gasteiger partial charge on any atom is -0.496 e. The number of hydrogen-bond donors (Lipinski definition) is 0. The first-order valence-electron chi connectivity index (χ1n) is 12.0. The summed E-state index contributed by atoms with van der Waals surface area (Å²) in [6.45, 7) is 11.7. The van der Waals surface area contributed by atoms with E-state index in [-0.39, 0.29) is 5.41 Å². The Morgan fingerprint density at radius 1 is 1.03 bits per heavy atom. The molecule has 0 aliphatic carbocycles. The van der Waals surface area contributed by atoms with Crippen molar-refractivity contribution in [3.8, 4) is 28.5 Å². The van der Waals surface area contributed by atoms with E-state index in [1.165, 1.54) is 16.7 Å². The Kier molecular flexibility index (Phi) is 5.54. The molecule has 176 valence electrons. The van der Waals surface area contributed by atoms with Crippen LogP contribution in [0.25, 0.3) is 22.7 Å². The lowest BCUT2D eigenvalue weighted by Crippen LogP contribution is -2.40. The van der Waals surface area contributed by atoms with Crippen molar-refractivity contribution in [2.24, 2.45) is 5.92 Å². The average molecular weight is 457 g/mol. The number of nitrogens with zero attached hydrogens (tertiary/aromatic N) is 4. The molecule has 34 heavy (non-hydrogen) atoms. The molecule has 5 rings (SSSR count). The number of benzene rings is 2. The maximum absolute atomic E-state index is 5.73. The van der Waals surface area contributed by atoms with E-state index in [2.05, 4.69) is 61.5 Å². The molecule has 0 saturated heterocycles. The van der Waals surface area contributed by atoms with Gasteiger partial charge >= 0.3 is 0 Å². The molecule has 0 N–H and O–H groups in total. The Hall–Kier alpha value is -3.41. The Labute approximate surface area is 201 Å². The third-order valence-corrected chi connectivity index (χ3v) is 7.46. The van der Waals surface area contributed by atoms with Crippen molar-refractivity contribution in [1.29, 1.82) is 0 Å². The molecule has 3 heterocycles. The van der Waals surface area contributed by atoms with Crippen molar-refractivity contribution in [3.63, 3.8) is 0 Å². The van der Waals surface area contributed by atoms with Gasteiger partial charge in [-0.05, 0) is 61.4 Å². The van der Waals surface area contributed by atoms with Crippen LogP contribution in [0.3, 0.4) is 0 Å². The molecule has 4 aromatic rings. The number of oxazole rings is 1. The van der Waals surface area contributed by atoms with Crippen LogP contribution in [0, 0.1) is 26.7 Å².